The lowest BCUT2D eigenvalue weighted by Gasteiger charge is -2.26. The van der Waals surface area contributed by atoms with Crippen molar-refractivity contribution in [1.29, 1.82) is 0 Å². The minimum Gasteiger partial charge on any atom is -0.325 e. The zero-order chi connectivity index (χ0) is 20.4. The summed E-state index contributed by atoms with van der Waals surface area (Å²) >= 11 is 9.47. The number of hydrogen-bond donors (Lipinski definition) is 3. The van der Waals surface area contributed by atoms with Gasteiger partial charge in [-0.2, -0.15) is 0 Å². The van der Waals surface area contributed by atoms with Crippen LogP contribution in [0.5, 0.6) is 0 Å². The smallest absolute Gasteiger partial charge is 0.257 e. The van der Waals surface area contributed by atoms with Crippen LogP contribution < -0.4 is 15.6 Å². The van der Waals surface area contributed by atoms with Crippen LogP contribution in [-0.4, -0.2) is 14.4 Å². The Morgan fingerprint density at radius 2 is 1.72 bits per heavy atom. The van der Waals surface area contributed by atoms with E-state index in [1.54, 1.807) is 18.2 Å². The average Bonchev–Trinajstić information content (AvgIpc) is 2.73. The van der Waals surface area contributed by atoms with Crippen molar-refractivity contribution in [3.05, 3.63) is 93.4 Å². The Morgan fingerprint density at radius 3 is 2.45 bits per heavy atom. The van der Waals surface area contributed by atoms with Gasteiger partial charge in [0.25, 0.3) is 10.0 Å². The van der Waals surface area contributed by atoms with Gasteiger partial charge >= 0.3 is 0 Å². The third kappa shape index (κ3) is 4.45. The van der Waals surface area contributed by atoms with E-state index in [1.165, 1.54) is 12.1 Å². The lowest BCUT2D eigenvalue weighted by atomic mass is 9.96. The van der Waals surface area contributed by atoms with Gasteiger partial charge in [0.2, 0.25) is 5.96 Å². The van der Waals surface area contributed by atoms with Gasteiger partial charge in [-0.25, -0.2) is 13.4 Å². The van der Waals surface area contributed by atoms with Crippen molar-refractivity contribution >= 4 is 49.2 Å². The second-order valence-corrected chi connectivity index (χ2v) is 9.37. The average molecular weight is 492 g/mol. The summed E-state index contributed by atoms with van der Waals surface area (Å²) in [5.74, 6) is 0.286. The molecule has 0 spiro atoms. The quantitative estimate of drug-likeness (QED) is 0.471. The summed E-state index contributed by atoms with van der Waals surface area (Å²) in [6.45, 7) is 0. The summed E-state index contributed by atoms with van der Waals surface area (Å²) in [7, 11) is -3.77. The Bertz CT molecular complexity index is 1170. The molecule has 29 heavy (non-hydrogen) atoms. The fraction of sp³-hybridized carbons (Fsp3) is 0.0500. The number of benzene rings is 3. The molecule has 1 unspecified atom stereocenters. The second kappa shape index (κ2) is 8.16. The molecule has 9 heteroatoms. The van der Waals surface area contributed by atoms with E-state index in [9.17, 15) is 8.42 Å². The highest BCUT2D eigenvalue weighted by Crippen LogP contribution is 2.36. The predicted octanol–water partition coefficient (Wildman–Crippen LogP) is 4.46. The first-order chi connectivity index (χ1) is 13.9. The zero-order valence-electron chi connectivity index (χ0n) is 14.9. The van der Waals surface area contributed by atoms with Gasteiger partial charge < -0.3 is 5.32 Å². The summed E-state index contributed by atoms with van der Waals surface area (Å²) in [6, 6.07) is 21.2. The Kier molecular flexibility index (Phi) is 5.60. The molecule has 4 rings (SSSR count). The molecule has 3 N–H and O–H groups in total. The van der Waals surface area contributed by atoms with E-state index in [-0.39, 0.29) is 16.9 Å². The summed E-state index contributed by atoms with van der Waals surface area (Å²) in [5.41, 5.74) is 5.35. The lowest BCUT2D eigenvalue weighted by molar-refractivity contribution is 0.576. The molecular formula is C20H16BrClN4O2S. The number of aliphatic imine (C=N–C) groups is 1. The number of nitrogens with one attached hydrogen (secondary N) is 3. The van der Waals surface area contributed by atoms with E-state index in [4.69, 9.17) is 11.6 Å². The standard InChI is InChI=1S/C20H16BrClN4O2S/c21-14-6-9-16(10-7-14)29(27,28)26-25-20-23-18-11-8-15(22)12-17(18)19(24-20)13-4-2-1-3-5-13/h1-12,19,26H,(H2,23,24,25). The van der Waals surface area contributed by atoms with Gasteiger partial charge in [-0.15, -0.1) is 4.83 Å². The van der Waals surface area contributed by atoms with Crippen LogP contribution in [-0.2, 0) is 10.0 Å². The van der Waals surface area contributed by atoms with Crippen LogP contribution in [0.25, 0.3) is 0 Å². The molecule has 0 bridgehead atoms. The van der Waals surface area contributed by atoms with Crippen LogP contribution >= 0.6 is 27.5 Å². The van der Waals surface area contributed by atoms with E-state index in [2.05, 4.69) is 36.5 Å². The van der Waals surface area contributed by atoms with Crippen molar-refractivity contribution < 1.29 is 8.42 Å². The highest BCUT2D eigenvalue weighted by atomic mass is 79.9. The Labute approximate surface area is 182 Å². The summed E-state index contributed by atoms with van der Waals surface area (Å²) in [5, 5.41) is 3.71. The van der Waals surface area contributed by atoms with Crippen molar-refractivity contribution in [2.75, 3.05) is 5.32 Å². The minimum atomic E-state index is -3.77. The summed E-state index contributed by atoms with van der Waals surface area (Å²) in [6.07, 6.45) is 0. The molecule has 1 atom stereocenters. The van der Waals surface area contributed by atoms with Crippen LogP contribution in [0.3, 0.4) is 0 Å². The number of sulfonamides is 1. The largest absolute Gasteiger partial charge is 0.325 e. The molecule has 0 amide bonds. The second-order valence-electron chi connectivity index (χ2n) is 6.33. The maximum absolute atomic E-state index is 12.5. The number of hydrogen-bond acceptors (Lipinski definition) is 5. The van der Waals surface area contributed by atoms with Gasteiger partial charge in [0.1, 0.15) is 6.04 Å². The first kappa shape index (κ1) is 19.9. The third-order valence-corrected chi connectivity index (χ3v) is 6.39. The molecule has 0 saturated carbocycles. The Morgan fingerprint density at radius 1 is 1.00 bits per heavy atom. The zero-order valence-corrected chi connectivity index (χ0v) is 18.1. The fourth-order valence-electron chi connectivity index (χ4n) is 2.97. The minimum absolute atomic E-state index is 0.136. The maximum Gasteiger partial charge on any atom is 0.257 e. The monoisotopic (exact) mass is 490 g/mol. The van der Waals surface area contributed by atoms with Crippen LogP contribution in [0.4, 0.5) is 5.69 Å². The number of guanidine groups is 1. The molecule has 1 aliphatic heterocycles. The Hall–Kier alpha value is -2.39. The summed E-state index contributed by atoms with van der Waals surface area (Å²) < 4.78 is 25.9. The molecule has 0 radical (unpaired) electrons. The molecule has 3 aromatic rings. The van der Waals surface area contributed by atoms with Gasteiger partial charge in [0.15, 0.2) is 0 Å². The van der Waals surface area contributed by atoms with Gasteiger partial charge in [-0.3, -0.25) is 5.43 Å². The highest BCUT2D eigenvalue weighted by Gasteiger charge is 2.24. The molecule has 148 valence electrons. The van der Waals surface area contributed by atoms with Crippen LogP contribution in [0.1, 0.15) is 17.2 Å². The molecule has 3 aromatic carbocycles. The topological polar surface area (TPSA) is 82.6 Å². The van der Waals surface area contributed by atoms with E-state index < -0.39 is 10.0 Å². The van der Waals surface area contributed by atoms with E-state index >= 15 is 0 Å². The van der Waals surface area contributed by atoms with E-state index in [0.29, 0.717) is 5.02 Å². The van der Waals surface area contributed by atoms with Gasteiger partial charge in [-0.05, 0) is 48.0 Å². The van der Waals surface area contributed by atoms with Crippen LogP contribution in [0, 0.1) is 0 Å². The van der Waals surface area contributed by atoms with E-state index in [0.717, 1.165) is 21.3 Å². The normalized spacial score (nSPS) is 15.8. The molecule has 0 aliphatic carbocycles. The number of nitrogens with zero attached hydrogens (tertiary/aromatic N) is 1. The third-order valence-electron chi connectivity index (χ3n) is 4.36. The van der Waals surface area contributed by atoms with Crippen molar-refractivity contribution in [2.24, 2.45) is 4.99 Å². The first-order valence-electron chi connectivity index (χ1n) is 8.65. The van der Waals surface area contributed by atoms with Crippen molar-refractivity contribution in [3.8, 4) is 0 Å². The highest BCUT2D eigenvalue weighted by molar-refractivity contribution is 9.10. The van der Waals surface area contributed by atoms with E-state index in [1.807, 2.05) is 42.5 Å². The van der Waals surface area contributed by atoms with Crippen LogP contribution in [0.15, 0.2) is 87.2 Å². The molecule has 1 heterocycles. The molecule has 1 aliphatic rings. The number of halogens is 2. The molecule has 6 nitrogen and oxygen atoms in total. The maximum atomic E-state index is 12.5. The van der Waals surface area contributed by atoms with Crippen molar-refractivity contribution in [1.82, 2.24) is 10.3 Å². The SMILES string of the molecule is O=S(=O)(NNC1=NC(c2ccccc2)c2cc(Cl)ccc2N1)c1ccc(Br)cc1. The molecule has 0 aromatic heterocycles. The first-order valence-corrected chi connectivity index (χ1v) is 11.3. The lowest BCUT2D eigenvalue weighted by Crippen LogP contribution is -2.46. The fourth-order valence-corrected chi connectivity index (χ4v) is 4.26. The summed E-state index contributed by atoms with van der Waals surface area (Å²) in [4.78, 5) is 7.15. The number of hydrazine groups is 1. The van der Waals surface area contributed by atoms with Gasteiger partial charge in [0.05, 0.1) is 4.90 Å². The number of rotatable bonds is 4. The molecule has 0 saturated heterocycles. The van der Waals surface area contributed by atoms with Crippen LogP contribution in [0.2, 0.25) is 5.02 Å². The molecule has 0 fully saturated rings. The Balaban J connectivity index is 1.61. The molecular weight excluding hydrogens is 476 g/mol. The number of fused-ring (bicyclic) bond motifs is 1. The van der Waals surface area contributed by atoms with Gasteiger partial charge in [0, 0.05) is 20.7 Å². The predicted molar refractivity (Wildman–Crippen MR) is 118 cm³/mol. The van der Waals surface area contributed by atoms with Gasteiger partial charge in [-0.1, -0.05) is 57.9 Å². The van der Waals surface area contributed by atoms with Crippen molar-refractivity contribution in [3.63, 3.8) is 0 Å². The number of anilines is 1. The van der Waals surface area contributed by atoms with Crippen molar-refractivity contribution in [2.45, 2.75) is 10.9 Å².